The van der Waals surface area contributed by atoms with Crippen molar-refractivity contribution in [2.45, 2.75) is 23.6 Å². The van der Waals surface area contributed by atoms with Gasteiger partial charge in [0.05, 0.1) is 16.4 Å². The number of aryl methyl sites for hydroxylation is 1. The summed E-state index contributed by atoms with van der Waals surface area (Å²) in [6.07, 6.45) is 0. The van der Waals surface area contributed by atoms with Gasteiger partial charge < -0.3 is 4.90 Å². The number of rotatable bonds is 2. The van der Waals surface area contributed by atoms with Crippen molar-refractivity contribution in [3.63, 3.8) is 0 Å². The van der Waals surface area contributed by atoms with Gasteiger partial charge >= 0.3 is 0 Å². The van der Waals surface area contributed by atoms with Gasteiger partial charge in [0, 0.05) is 23.9 Å². The van der Waals surface area contributed by atoms with Crippen LogP contribution in [-0.2, 0) is 6.54 Å². The molecule has 0 aliphatic carbocycles. The topological polar surface area (TPSA) is 3.24 Å². The Morgan fingerprint density at radius 2 is 2.11 bits per heavy atom. The van der Waals surface area contributed by atoms with Crippen molar-refractivity contribution < 1.29 is 3.89 Å². The predicted octanol–water partition coefficient (Wildman–Crippen LogP) is 4.61. The van der Waals surface area contributed by atoms with E-state index in [1.807, 2.05) is 6.07 Å². The molecule has 0 unspecified atom stereocenters. The lowest BCUT2D eigenvalue weighted by Gasteiger charge is -2.31. The van der Waals surface area contributed by atoms with E-state index in [2.05, 4.69) is 43.1 Å². The highest BCUT2D eigenvalue weighted by Crippen LogP contribution is 2.41. The van der Waals surface area contributed by atoms with Gasteiger partial charge in [-0.1, -0.05) is 24.3 Å². The minimum Gasteiger partial charge on any atom is -0.300 e. The second-order valence-corrected chi connectivity index (χ2v) is 7.12. The first-order valence-electron chi connectivity index (χ1n) is 6.34. The molecule has 4 heteroatoms. The number of fused-ring (bicyclic) bond motifs is 1. The molecule has 1 aliphatic heterocycles. The fourth-order valence-corrected chi connectivity index (χ4v) is 4.47. The van der Waals surface area contributed by atoms with Crippen LogP contribution in [0.3, 0.4) is 0 Å². The molecule has 0 fully saturated rings. The maximum Gasteiger partial charge on any atom is 0.0937 e. The Kier molecular flexibility index (Phi) is 3.65. The highest BCUT2D eigenvalue weighted by atomic mass is 32.2. The second kappa shape index (κ2) is 5.27. The largest absolute Gasteiger partial charge is 0.300 e. The van der Waals surface area contributed by atoms with Crippen LogP contribution in [0.25, 0.3) is 0 Å². The maximum absolute atomic E-state index is 12.8. The average Bonchev–Trinajstić information content (AvgIpc) is 2.81. The van der Waals surface area contributed by atoms with Crippen molar-refractivity contribution in [3.8, 4) is 0 Å². The Morgan fingerprint density at radius 3 is 2.84 bits per heavy atom. The molecule has 2 aromatic rings. The van der Waals surface area contributed by atoms with Crippen LogP contribution in [-0.4, -0.2) is 18.5 Å². The molecule has 0 radical (unpaired) electrons. The maximum atomic E-state index is 12.8. The van der Waals surface area contributed by atoms with Crippen molar-refractivity contribution in [3.05, 3.63) is 51.9 Å². The van der Waals surface area contributed by atoms with Crippen molar-refractivity contribution in [1.82, 2.24) is 4.90 Å². The first kappa shape index (κ1) is 13.2. The molecule has 1 atom stereocenters. The Balaban J connectivity index is 2.08. The summed E-state index contributed by atoms with van der Waals surface area (Å²) in [6.45, 7) is 4.09. The number of hydrogen-bond donors (Lipinski definition) is 0. The molecule has 0 bridgehead atoms. The minimum absolute atomic E-state index is 0.365. The summed E-state index contributed by atoms with van der Waals surface area (Å²) in [4.78, 5) is 3.63. The molecule has 1 aliphatic rings. The molecule has 3 rings (SSSR count). The van der Waals surface area contributed by atoms with E-state index in [1.54, 1.807) is 11.3 Å². The Hall–Kier alpha value is -0.840. The van der Waals surface area contributed by atoms with Crippen LogP contribution in [0, 0.1) is 6.92 Å². The molecule has 100 valence electrons. The highest BCUT2D eigenvalue weighted by Gasteiger charge is 2.28. The van der Waals surface area contributed by atoms with Crippen LogP contribution in [0.5, 0.6) is 0 Å². The number of thiophene rings is 1. The van der Waals surface area contributed by atoms with E-state index in [1.165, 1.54) is 21.6 Å². The zero-order chi connectivity index (χ0) is 13.4. The van der Waals surface area contributed by atoms with Crippen LogP contribution in [0.1, 0.15) is 27.5 Å². The van der Waals surface area contributed by atoms with E-state index >= 15 is 0 Å². The molecule has 0 saturated heterocycles. The molecule has 19 heavy (non-hydrogen) atoms. The molecule has 1 aromatic heterocycles. The molecule has 1 nitrogen and oxygen atoms in total. The zero-order valence-electron chi connectivity index (χ0n) is 11.0. The van der Waals surface area contributed by atoms with Gasteiger partial charge in [0.15, 0.2) is 0 Å². The molecule has 0 N–H and O–H groups in total. The van der Waals surface area contributed by atoms with Gasteiger partial charge in [0.25, 0.3) is 0 Å². The molecule has 0 spiro atoms. The van der Waals surface area contributed by atoms with Gasteiger partial charge in [-0.2, -0.15) is 3.89 Å². The van der Waals surface area contributed by atoms with E-state index in [9.17, 15) is 3.89 Å². The first-order chi connectivity index (χ1) is 9.19. The fraction of sp³-hybridized carbons (Fsp3) is 0.333. The second-order valence-electron chi connectivity index (χ2n) is 5.13. The number of halogens is 1. The smallest absolute Gasteiger partial charge is 0.0937 e. The summed E-state index contributed by atoms with van der Waals surface area (Å²) in [6, 6.07) is 10.6. The summed E-state index contributed by atoms with van der Waals surface area (Å²) in [7, 11) is 2.14. The third-order valence-electron chi connectivity index (χ3n) is 3.74. The summed E-state index contributed by atoms with van der Waals surface area (Å²) >= 11 is 1.95. The fourth-order valence-electron chi connectivity index (χ4n) is 2.84. The summed E-state index contributed by atoms with van der Waals surface area (Å²) in [5.74, 6) is 0.368. The SMILES string of the molecule is Cc1ccccc1[C@@H]1CN(C)Cc2sc(SF)cc21. The van der Waals surface area contributed by atoms with Crippen LogP contribution < -0.4 is 0 Å². The Morgan fingerprint density at radius 1 is 1.32 bits per heavy atom. The normalized spacial score (nSPS) is 19.4. The standard InChI is InChI=1S/C15H16FNS2/c1-10-5-3-4-6-11(10)13-8-17(2)9-14-12(13)7-15(18-14)19-16/h3-7,13H,8-9H2,1-2H3/t13-/m0/s1. The van der Waals surface area contributed by atoms with E-state index in [0.717, 1.165) is 17.3 Å². The molecule has 2 heterocycles. The van der Waals surface area contributed by atoms with E-state index in [0.29, 0.717) is 18.1 Å². The van der Waals surface area contributed by atoms with Crippen LogP contribution in [0.4, 0.5) is 3.89 Å². The van der Waals surface area contributed by atoms with Gasteiger partial charge in [-0.05, 0) is 36.7 Å². The Bertz CT molecular complexity index is 594. The predicted molar refractivity (Wildman–Crippen MR) is 80.6 cm³/mol. The van der Waals surface area contributed by atoms with Gasteiger partial charge in [0.1, 0.15) is 0 Å². The third kappa shape index (κ3) is 2.45. The molecule has 0 saturated carbocycles. The van der Waals surface area contributed by atoms with Crippen molar-refractivity contribution in [2.24, 2.45) is 0 Å². The van der Waals surface area contributed by atoms with Crippen molar-refractivity contribution >= 4 is 23.5 Å². The lowest BCUT2D eigenvalue weighted by atomic mass is 9.86. The van der Waals surface area contributed by atoms with Gasteiger partial charge in [-0.15, -0.1) is 11.3 Å². The summed E-state index contributed by atoms with van der Waals surface area (Å²) in [5, 5.41) is 0. The number of benzene rings is 1. The quantitative estimate of drug-likeness (QED) is 0.795. The van der Waals surface area contributed by atoms with Gasteiger partial charge in [-0.3, -0.25) is 0 Å². The minimum atomic E-state index is 0.365. The van der Waals surface area contributed by atoms with E-state index in [-0.39, 0.29) is 0 Å². The first-order valence-corrected chi connectivity index (χ1v) is 7.87. The zero-order valence-corrected chi connectivity index (χ0v) is 12.7. The molecule has 0 amide bonds. The average molecular weight is 293 g/mol. The van der Waals surface area contributed by atoms with Gasteiger partial charge in [0.2, 0.25) is 0 Å². The van der Waals surface area contributed by atoms with Crippen molar-refractivity contribution in [2.75, 3.05) is 13.6 Å². The third-order valence-corrected chi connectivity index (χ3v) is 5.38. The van der Waals surface area contributed by atoms with E-state index < -0.39 is 0 Å². The van der Waals surface area contributed by atoms with Crippen LogP contribution in [0.2, 0.25) is 0 Å². The van der Waals surface area contributed by atoms with Crippen LogP contribution in [0.15, 0.2) is 34.5 Å². The lowest BCUT2D eigenvalue weighted by Crippen LogP contribution is -2.30. The highest BCUT2D eigenvalue weighted by molar-refractivity contribution is 7.96. The molecular formula is C15H16FNS2. The number of hydrogen-bond acceptors (Lipinski definition) is 3. The molecular weight excluding hydrogens is 277 g/mol. The van der Waals surface area contributed by atoms with Crippen LogP contribution >= 0.6 is 23.5 Å². The number of nitrogens with zero attached hydrogens (tertiary/aromatic N) is 1. The summed E-state index contributed by atoms with van der Waals surface area (Å²) < 4.78 is 13.6. The lowest BCUT2D eigenvalue weighted by molar-refractivity contribution is 0.299. The number of likely N-dealkylation sites (N-methyl/N-ethyl adjacent to an activating group) is 1. The Labute approximate surface area is 121 Å². The van der Waals surface area contributed by atoms with E-state index in [4.69, 9.17) is 0 Å². The van der Waals surface area contributed by atoms with Gasteiger partial charge in [-0.25, -0.2) is 0 Å². The monoisotopic (exact) mass is 293 g/mol. The van der Waals surface area contributed by atoms with Crippen molar-refractivity contribution in [1.29, 1.82) is 0 Å². The molecule has 1 aromatic carbocycles. The summed E-state index contributed by atoms with van der Waals surface area (Å²) in [5.41, 5.74) is 4.00.